The third-order valence-electron chi connectivity index (χ3n) is 4.03. The van der Waals surface area contributed by atoms with E-state index in [-0.39, 0.29) is 12.8 Å². The molecule has 1 saturated carbocycles. The number of esters is 1. The van der Waals surface area contributed by atoms with Crippen LogP contribution >= 0.6 is 0 Å². The maximum Gasteiger partial charge on any atom is 0.391 e. The first kappa shape index (κ1) is 15.9. The monoisotopic (exact) mass is 300 g/mol. The minimum Gasteiger partial charge on any atom is -0.458 e. The molecule has 0 heterocycles. The number of halogens is 3. The first-order valence-corrected chi connectivity index (χ1v) is 7.20. The van der Waals surface area contributed by atoms with Gasteiger partial charge in [-0.1, -0.05) is 36.8 Å². The van der Waals surface area contributed by atoms with Crippen LogP contribution < -0.4 is 0 Å². The minimum absolute atomic E-state index is 0.113. The van der Waals surface area contributed by atoms with Gasteiger partial charge in [0.25, 0.3) is 0 Å². The Hall–Kier alpha value is -1.52. The van der Waals surface area contributed by atoms with Gasteiger partial charge in [0.2, 0.25) is 0 Å². The largest absolute Gasteiger partial charge is 0.458 e. The van der Waals surface area contributed by atoms with E-state index in [0.717, 1.165) is 5.56 Å². The summed E-state index contributed by atoms with van der Waals surface area (Å²) in [4.78, 5) is 12.1. The Kier molecular flexibility index (Phi) is 4.91. The molecule has 0 spiro atoms. The smallest absolute Gasteiger partial charge is 0.391 e. The summed E-state index contributed by atoms with van der Waals surface area (Å²) in [6, 6.07) is 9.18. The summed E-state index contributed by atoms with van der Waals surface area (Å²) in [6.07, 6.45) is -3.80. The van der Waals surface area contributed by atoms with Gasteiger partial charge in [-0.15, -0.1) is 0 Å². The van der Waals surface area contributed by atoms with Crippen molar-refractivity contribution in [3.8, 4) is 0 Å². The van der Waals surface area contributed by atoms with Gasteiger partial charge in [-0.3, -0.25) is 4.79 Å². The molecule has 0 bridgehead atoms. The van der Waals surface area contributed by atoms with E-state index in [0.29, 0.717) is 12.8 Å². The molecule has 3 atom stereocenters. The van der Waals surface area contributed by atoms with Gasteiger partial charge in [-0.2, -0.15) is 13.2 Å². The Morgan fingerprint density at radius 1 is 1.24 bits per heavy atom. The van der Waals surface area contributed by atoms with Gasteiger partial charge >= 0.3 is 12.1 Å². The fourth-order valence-electron chi connectivity index (χ4n) is 2.76. The molecule has 0 amide bonds. The second-order valence-corrected chi connectivity index (χ2v) is 5.59. The van der Waals surface area contributed by atoms with E-state index in [9.17, 15) is 18.0 Å². The second-order valence-electron chi connectivity index (χ2n) is 5.59. The number of carbonyl (C=O) groups is 1. The molecular formula is C16H19F3O2. The van der Waals surface area contributed by atoms with Crippen molar-refractivity contribution in [3.05, 3.63) is 35.9 Å². The highest BCUT2D eigenvalue weighted by Gasteiger charge is 2.44. The third kappa shape index (κ3) is 4.22. The fourth-order valence-corrected chi connectivity index (χ4v) is 2.76. The van der Waals surface area contributed by atoms with Crippen LogP contribution in [-0.2, 0) is 9.53 Å². The quantitative estimate of drug-likeness (QED) is 0.759. The highest BCUT2D eigenvalue weighted by atomic mass is 19.4. The van der Waals surface area contributed by atoms with Crippen LogP contribution in [0.5, 0.6) is 0 Å². The Balaban J connectivity index is 1.94. The lowest BCUT2D eigenvalue weighted by atomic mass is 9.81. The van der Waals surface area contributed by atoms with E-state index in [2.05, 4.69) is 0 Å². The molecule has 2 rings (SSSR count). The van der Waals surface area contributed by atoms with Gasteiger partial charge < -0.3 is 4.74 Å². The molecule has 21 heavy (non-hydrogen) atoms. The maximum absolute atomic E-state index is 12.8. The molecule has 0 aliphatic heterocycles. The van der Waals surface area contributed by atoms with Gasteiger partial charge in [0.15, 0.2) is 0 Å². The molecule has 0 aromatic heterocycles. The fraction of sp³-hybridized carbons (Fsp3) is 0.562. The number of rotatable bonds is 3. The van der Waals surface area contributed by atoms with Crippen molar-refractivity contribution in [1.82, 2.24) is 0 Å². The van der Waals surface area contributed by atoms with E-state index in [4.69, 9.17) is 4.74 Å². The van der Waals surface area contributed by atoms with E-state index < -0.39 is 30.1 Å². The Morgan fingerprint density at radius 3 is 2.52 bits per heavy atom. The number of hydrogen-bond acceptors (Lipinski definition) is 2. The zero-order valence-corrected chi connectivity index (χ0v) is 11.9. The number of benzene rings is 1. The molecule has 0 N–H and O–H groups in total. The van der Waals surface area contributed by atoms with Crippen molar-refractivity contribution in [2.24, 2.45) is 11.8 Å². The number of carbonyl (C=O) groups excluding carboxylic acids is 1. The van der Waals surface area contributed by atoms with Gasteiger partial charge in [-0.25, -0.2) is 0 Å². The van der Waals surface area contributed by atoms with Crippen molar-refractivity contribution in [2.45, 2.75) is 44.9 Å². The zero-order valence-electron chi connectivity index (χ0n) is 11.9. The molecule has 0 saturated heterocycles. The van der Waals surface area contributed by atoms with Crippen LogP contribution in [-0.4, -0.2) is 12.1 Å². The first-order chi connectivity index (χ1) is 9.88. The second kappa shape index (κ2) is 6.50. The van der Waals surface area contributed by atoms with Crippen LogP contribution in [0.2, 0.25) is 0 Å². The molecule has 1 fully saturated rings. The van der Waals surface area contributed by atoms with E-state index in [1.807, 2.05) is 30.3 Å². The highest BCUT2D eigenvalue weighted by molar-refractivity contribution is 5.72. The van der Waals surface area contributed by atoms with Crippen molar-refractivity contribution < 1.29 is 22.7 Å². The van der Waals surface area contributed by atoms with Crippen molar-refractivity contribution in [1.29, 1.82) is 0 Å². The molecule has 1 aromatic rings. The van der Waals surface area contributed by atoms with E-state index in [1.54, 1.807) is 6.92 Å². The van der Waals surface area contributed by atoms with Crippen LogP contribution in [0.1, 0.15) is 44.3 Å². The van der Waals surface area contributed by atoms with Gasteiger partial charge in [-0.05, 0) is 31.7 Å². The summed E-state index contributed by atoms with van der Waals surface area (Å²) >= 11 is 0. The molecule has 3 unspecified atom stereocenters. The Labute approximate surface area is 122 Å². The summed E-state index contributed by atoms with van der Waals surface area (Å²) in [5.41, 5.74) is 0.842. The highest BCUT2D eigenvalue weighted by Crippen LogP contribution is 2.40. The molecule has 2 nitrogen and oxygen atoms in total. The lowest BCUT2D eigenvalue weighted by Crippen LogP contribution is -2.32. The molecule has 1 aliphatic carbocycles. The average Bonchev–Trinajstić information content (AvgIpc) is 2.47. The number of ether oxygens (including phenoxy) is 1. The summed E-state index contributed by atoms with van der Waals surface area (Å²) in [5.74, 6) is -2.53. The topological polar surface area (TPSA) is 26.3 Å². The Morgan fingerprint density at radius 2 is 1.90 bits per heavy atom. The van der Waals surface area contributed by atoms with E-state index in [1.165, 1.54) is 0 Å². The van der Waals surface area contributed by atoms with Gasteiger partial charge in [0.1, 0.15) is 6.10 Å². The van der Waals surface area contributed by atoms with Crippen molar-refractivity contribution >= 4 is 5.97 Å². The minimum atomic E-state index is -4.22. The van der Waals surface area contributed by atoms with Gasteiger partial charge in [0, 0.05) is 0 Å². The van der Waals surface area contributed by atoms with Crippen LogP contribution in [0.15, 0.2) is 30.3 Å². The Bertz CT molecular complexity index is 470. The normalized spacial score (nSPS) is 24.4. The lowest BCUT2D eigenvalue weighted by Gasteiger charge is -2.30. The van der Waals surface area contributed by atoms with Crippen LogP contribution in [0, 0.1) is 11.8 Å². The molecule has 1 aliphatic rings. The van der Waals surface area contributed by atoms with Crippen LogP contribution in [0.4, 0.5) is 13.2 Å². The molecule has 1 aromatic carbocycles. The summed E-state index contributed by atoms with van der Waals surface area (Å²) < 4.78 is 43.6. The molecule has 5 heteroatoms. The zero-order chi connectivity index (χ0) is 15.5. The number of hydrogen-bond donors (Lipinski definition) is 0. The van der Waals surface area contributed by atoms with Crippen LogP contribution in [0.3, 0.4) is 0 Å². The van der Waals surface area contributed by atoms with Crippen molar-refractivity contribution in [2.75, 3.05) is 0 Å². The maximum atomic E-state index is 12.8. The van der Waals surface area contributed by atoms with Crippen molar-refractivity contribution in [3.63, 3.8) is 0 Å². The van der Waals surface area contributed by atoms with E-state index >= 15 is 0 Å². The third-order valence-corrected chi connectivity index (χ3v) is 4.03. The predicted molar refractivity (Wildman–Crippen MR) is 72.5 cm³/mol. The van der Waals surface area contributed by atoms with Crippen LogP contribution in [0.25, 0.3) is 0 Å². The SMILES string of the molecule is CC(OC(=O)C1CCCC(C(F)(F)F)C1)c1ccccc1. The lowest BCUT2D eigenvalue weighted by molar-refractivity contribution is -0.189. The summed E-state index contributed by atoms with van der Waals surface area (Å²) in [7, 11) is 0. The predicted octanol–water partition coefficient (Wildman–Crippen LogP) is 4.66. The standard InChI is InChI=1S/C16H19F3O2/c1-11(12-6-3-2-4-7-12)21-15(20)13-8-5-9-14(10-13)16(17,18)19/h2-4,6-7,11,13-14H,5,8-10H2,1H3. The summed E-state index contributed by atoms with van der Waals surface area (Å²) in [5, 5.41) is 0. The molecule has 116 valence electrons. The average molecular weight is 300 g/mol. The van der Waals surface area contributed by atoms with Gasteiger partial charge in [0.05, 0.1) is 11.8 Å². The molecule has 0 radical (unpaired) electrons. The summed E-state index contributed by atoms with van der Waals surface area (Å²) in [6.45, 7) is 1.73. The number of alkyl halides is 3. The molecular weight excluding hydrogens is 281 g/mol. The first-order valence-electron chi connectivity index (χ1n) is 7.20.